The highest BCUT2D eigenvalue weighted by Crippen LogP contribution is 2.27. The lowest BCUT2D eigenvalue weighted by Gasteiger charge is -2.24. The van der Waals surface area contributed by atoms with Crippen LogP contribution in [-0.4, -0.2) is 32.1 Å². The van der Waals surface area contributed by atoms with Crippen molar-refractivity contribution in [2.45, 2.75) is 19.8 Å². The summed E-state index contributed by atoms with van der Waals surface area (Å²) >= 11 is 0. The van der Waals surface area contributed by atoms with E-state index in [0.717, 1.165) is 11.4 Å². The summed E-state index contributed by atoms with van der Waals surface area (Å²) in [5, 5.41) is 2.79. The number of benzene rings is 2. The molecule has 2 aromatic rings. The Balaban J connectivity index is 2.04. The number of rotatable bonds is 9. The first-order valence-electron chi connectivity index (χ1n) is 8.80. The quantitative estimate of drug-likeness (QED) is 0.701. The monoisotopic (exact) mass is 354 g/mol. The highest BCUT2D eigenvalue weighted by molar-refractivity contribution is 6.00. The Bertz CT molecular complexity index is 649. The van der Waals surface area contributed by atoms with Crippen LogP contribution in [0, 0.1) is 5.92 Å². The van der Waals surface area contributed by atoms with Crippen molar-refractivity contribution < 1.29 is 14.3 Å². The van der Waals surface area contributed by atoms with Crippen molar-refractivity contribution in [3.63, 3.8) is 0 Å². The lowest BCUT2D eigenvalue weighted by molar-refractivity contribution is -0.122. The summed E-state index contributed by atoms with van der Waals surface area (Å²) in [6.45, 7) is 2.88. The number of hydrogen-bond acceptors (Lipinski definition) is 3. The molecule has 0 aliphatic rings. The molecule has 0 aromatic heterocycles. The Labute approximate surface area is 155 Å². The van der Waals surface area contributed by atoms with Gasteiger partial charge in [0.1, 0.15) is 0 Å². The molecule has 1 N–H and O–H groups in total. The minimum Gasteiger partial charge on any atom is -0.383 e. The van der Waals surface area contributed by atoms with Gasteiger partial charge in [-0.05, 0) is 30.2 Å². The van der Waals surface area contributed by atoms with Crippen LogP contribution in [0.1, 0.15) is 19.8 Å². The topological polar surface area (TPSA) is 58.6 Å². The molecule has 0 heterocycles. The fourth-order valence-electron chi connectivity index (χ4n) is 2.73. The third kappa shape index (κ3) is 6.01. The van der Waals surface area contributed by atoms with Gasteiger partial charge in [-0.1, -0.05) is 43.3 Å². The summed E-state index contributed by atoms with van der Waals surface area (Å²) < 4.78 is 4.92. The molecule has 2 rings (SSSR count). The number of carbonyl (C=O) groups excluding carboxylic acids is 2. The van der Waals surface area contributed by atoms with Crippen molar-refractivity contribution in [1.29, 1.82) is 0 Å². The molecule has 2 amide bonds. The van der Waals surface area contributed by atoms with E-state index >= 15 is 0 Å². The molecule has 26 heavy (non-hydrogen) atoms. The molecule has 2 aromatic carbocycles. The van der Waals surface area contributed by atoms with Crippen LogP contribution in [0.4, 0.5) is 11.4 Å². The van der Waals surface area contributed by atoms with Crippen LogP contribution in [0.25, 0.3) is 0 Å². The Hall–Kier alpha value is -2.66. The molecule has 0 saturated heterocycles. The van der Waals surface area contributed by atoms with Gasteiger partial charge in [0.2, 0.25) is 11.8 Å². The highest BCUT2D eigenvalue weighted by Gasteiger charge is 2.21. The maximum atomic E-state index is 13.0. The van der Waals surface area contributed by atoms with E-state index < -0.39 is 0 Å². The first-order valence-corrected chi connectivity index (χ1v) is 8.80. The smallest absolute Gasteiger partial charge is 0.231 e. The van der Waals surface area contributed by atoms with Crippen LogP contribution < -0.4 is 10.2 Å². The predicted molar refractivity (Wildman–Crippen MR) is 103 cm³/mol. The Morgan fingerprint density at radius 2 is 1.50 bits per heavy atom. The van der Waals surface area contributed by atoms with Gasteiger partial charge in [0, 0.05) is 37.9 Å². The minimum absolute atomic E-state index is 0.0282. The molecule has 5 heteroatoms. The molecule has 0 unspecified atom stereocenters. The number of hydrogen-bond donors (Lipinski definition) is 1. The third-order valence-corrected chi connectivity index (χ3v) is 3.96. The zero-order valence-electron chi connectivity index (χ0n) is 15.4. The fourth-order valence-corrected chi connectivity index (χ4v) is 2.73. The lowest BCUT2D eigenvalue weighted by atomic mass is 10.0. The van der Waals surface area contributed by atoms with Crippen LogP contribution in [0.2, 0.25) is 0 Å². The summed E-state index contributed by atoms with van der Waals surface area (Å²) in [4.78, 5) is 26.6. The number of nitrogens with zero attached hydrogens (tertiary/aromatic N) is 1. The molecular weight excluding hydrogens is 328 g/mol. The first kappa shape index (κ1) is 19.7. The summed E-state index contributed by atoms with van der Waals surface area (Å²) in [5.74, 6) is -0.145. The molecule has 0 aliphatic heterocycles. The number of para-hydroxylation sites is 2. The number of ether oxygens (including phenoxy) is 1. The lowest BCUT2D eigenvalue weighted by Crippen LogP contribution is -2.31. The molecule has 5 nitrogen and oxygen atoms in total. The summed E-state index contributed by atoms with van der Waals surface area (Å²) in [6, 6.07) is 19.1. The summed E-state index contributed by atoms with van der Waals surface area (Å²) in [7, 11) is 1.59. The zero-order chi connectivity index (χ0) is 18.8. The number of methoxy groups -OCH3 is 1. The molecule has 138 valence electrons. The largest absolute Gasteiger partial charge is 0.383 e. The van der Waals surface area contributed by atoms with Crippen molar-refractivity contribution in [2.75, 3.05) is 25.2 Å². The molecular formula is C21H26N2O3. The molecule has 0 saturated carbocycles. The van der Waals surface area contributed by atoms with Gasteiger partial charge in [-0.2, -0.15) is 0 Å². The van der Waals surface area contributed by atoms with Crippen molar-refractivity contribution in [3.8, 4) is 0 Å². The van der Waals surface area contributed by atoms with Crippen LogP contribution in [0.3, 0.4) is 0 Å². The number of nitrogens with one attached hydrogen (secondary N) is 1. The number of amides is 2. The van der Waals surface area contributed by atoms with E-state index in [4.69, 9.17) is 4.74 Å². The van der Waals surface area contributed by atoms with Gasteiger partial charge in [-0.25, -0.2) is 0 Å². The maximum Gasteiger partial charge on any atom is 0.231 e. The molecule has 0 bridgehead atoms. The predicted octanol–water partition coefficient (Wildman–Crippen LogP) is 3.53. The van der Waals surface area contributed by atoms with Gasteiger partial charge < -0.3 is 10.1 Å². The Kier molecular flexibility index (Phi) is 7.83. The standard InChI is InChI=1S/C21H26N2O3/c1-17(15-20(24)22-13-14-26-2)16-21(25)23(18-9-5-3-6-10-18)19-11-7-4-8-12-19/h3-12,17H,13-16H2,1-2H3,(H,22,24)/t17-/m1/s1. The van der Waals surface area contributed by atoms with Crippen LogP contribution in [-0.2, 0) is 14.3 Å². The van der Waals surface area contributed by atoms with Crippen molar-refractivity contribution in [3.05, 3.63) is 60.7 Å². The number of anilines is 2. The van der Waals surface area contributed by atoms with Gasteiger partial charge in [-0.3, -0.25) is 14.5 Å². The molecule has 1 atom stereocenters. The van der Waals surface area contributed by atoms with Crippen LogP contribution in [0.15, 0.2) is 60.7 Å². The maximum absolute atomic E-state index is 13.0. The van der Waals surface area contributed by atoms with Gasteiger partial charge in [0.05, 0.1) is 6.61 Å². The second-order valence-corrected chi connectivity index (χ2v) is 6.26. The minimum atomic E-state index is -0.0617. The normalized spacial score (nSPS) is 11.6. The van der Waals surface area contributed by atoms with Gasteiger partial charge >= 0.3 is 0 Å². The average molecular weight is 354 g/mol. The summed E-state index contributed by atoms with van der Waals surface area (Å²) in [6.07, 6.45) is 0.606. The van der Waals surface area contributed by atoms with E-state index in [9.17, 15) is 9.59 Å². The number of carbonyl (C=O) groups is 2. The van der Waals surface area contributed by atoms with Crippen molar-refractivity contribution in [1.82, 2.24) is 5.32 Å². The van der Waals surface area contributed by atoms with E-state index in [2.05, 4.69) is 5.32 Å². The van der Waals surface area contributed by atoms with E-state index in [-0.39, 0.29) is 17.7 Å². The molecule has 0 fully saturated rings. The molecule has 0 radical (unpaired) electrons. The summed E-state index contributed by atoms with van der Waals surface area (Å²) in [5.41, 5.74) is 1.64. The van der Waals surface area contributed by atoms with Crippen molar-refractivity contribution in [2.24, 2.45) is 5.92 Å². The van der Waals surface area contributed by atoms with Crippen LogP contribution in [0.5, 0.6) is 0 Å². The third-order valence-electron chi connectivity index (χ3n) is 3.96. The Morgan fingerprint density at radius 3 is 2.00 bits per heavy atom. The Morgan fingerprint density at radius 1 is 0.962 bits per heavy atom. The SMILES string of the molecule is COCCNC(=O)C[C@@H](C)CC(=O)N(c1ccccc1)c1ccccc1. The van der Waals surface area contributed by atoms with Gasteiger partial charge in [0.25, 0.3) is 0 Å². The molecule has 0 spiro atoms. The van der Waals surface area contributed by atoms with E-state index in [1.165, 1.54) is 0 Å². The van der Waals surface area contributed by atoms with E-state index in [0.29, 0.717) is 26.0 Å². The van der Waals surface area contributed by atoms with E-state index in [1.807, 2.05) is 67.6 Å². The van der Waals surface area contributed by atoms with Gasteiger partial charge in [-0.15, -0.1) is 0 Å². The average Bonchev–Trinajstić information content (AvgIpc) is 2.63. The van der Waals surface area contributed by atoms with Crippen LogP contribution >= 0.6 is 0 Å². The van der Waals surface area contributed by atoms with Crippen molar-refractivity contribution >= 4 is 23.2 Å². The second kappa shape index (κ2) is 10.4. The fraction of sp³-hybridized carbons (Fsp3) is 0.333. The first-order chi connectivity index (χ1) is 12.6. The second-order valence-electron chi connectivity index (χ2n) is 6.26. The molecule has 0 aliphatic carbocycles. The van der Waals surface area contributed by atoms with Gasteiger partial charge in [0.15, 0.2) is 0 Å². The van der Waals surface area contributed by atoms with E-state index in [1.54, 1.807) is 12.0 Å². The zero-order valence-corrected chi connectivity index (χ0v) is 15.4. The highest BCUT2D eigenvalue weighted by atomic mass is 16.5.